The Hall–Kier alpha value is -0.780. The van der Waals surface area contributed by atoms with Gasteiger partial charge in [-0.1, -0.05) is 12.1 Å². The second-order valence-corrected chi connectivity index (χ2v) is 3.08. The van der Waals surface area contributed by atoms with E-state index in [1.165, 1.54) is 2.78 Å². The predicted molar refractivity (Wildman–Crippen MR) is 49.9 cm³/mol. The molecule has 2 aromatic rings. The zero-order valence-electron chi connectivity index (χ0n) is 5.45. The number of hydrogen-bond donors (Lipinski definition) is 0. The molecule has 1 heterocycles. The molecule has 0 atom stereocenters. The van der Waals surface area contributed by atoms with Crippen LogP contribution in [-0.4, -0.2) is 2.78 Å². The number of halogens is 1. The fraction of sp³-hybridized carbons (Fsp3) is 0. The number of hydrogen-bond acceptors (Lipinski definition) is 2. The average molecular weight is 261 g/mol. The van der Waals surface area contributed by atoms with Gasteiger partial charge in [-0.25, -0.2) is 7.58 Å². The largest absolute Gasteiger partial charge is 0.429 e. The van der Waals surface area contributed by atoms with E-state index >= 15 is 0 Å². The first-order chi connectivity index (χ1) is 5.29. The molecule has 0 spiro atoms. The molecular formula is C7H4INO2. The molecular weight excluding hydrogens is 257 g/mol. The Kier molecular flexibility index (Phi) is 1.49. The van der Waals surface area contributed by atoms with Crippen LogP contribution in [0.1, 0.15) is 0 Å². The Morgan fingerprint density at radius 2 is 2.09 bits per heavy atom. The van der Waals surface area contributed by atoms with E-state index in [0.29, 0.717) is 5.58 Å². The van der Waals surface area contributed by atoms with E-state index < -0.39 is 0 Å². The lowest BCUT2D eigenvalue weighted by atomic mass is 10.3. The second kappa shape index (κ2) is 2.37. The van der Waals surface area contributed by atoms with Gasteiger partial charge in [-0.3, -0.25) is 0 Å². The predicted octanol–water partition coefficient (Wildman–Crippen LogP) is 1.79. The van der Waals surface area contributed by atoms with E-state index in [0.717, 1.165) is 5.52 Å². The molecule has 0 fully saturated rings. The van der Waals surface area contributed by atoms with Crippen LogP contribution in [0.5, 0.6) is 0 Å². The van der Waals surface area contributed by atoms with Gasteiger partial charge in [0.2, 0.25) is 0 Å². The fourth-order valence-corrected chi connectivity index (χ4v) is 1.44. The lowest BCUT2D eigenvalue weighted by Crippen LogP contribution is -2.02. The molecule has 0 aliphatic rings. The summed E-state index contributed by atoms with van der Waals surface area (Å²) in [5.41, 5.74) is 1.45. The van der Waals surface area contributed by atoms with Crippen molar-refractivity contribution in [1.82, 2.24) is 2.78 Å². The first-order valence-electron chi connectivity index (χ1n) is 3.06. The zero-order chi connectivity index (χ0) is 7.84. The Morgan fingerprint density at radius 3 is 2.82 bits per heavy atom. The summed E-state index contributed by atoms with van der Waals surface area (Å²) >= 11 is 1.91. The van der Waals surface area contributed by atoms with Crippen LogP contribution in [0.3, 0.4) is 0 Å². The lowest BCUT2D eigenvalue weighted by Gasteiger charge is -1.84. The van der Waals surface area contributed by atoms with Crippen molar-refractivity contribution in [3.8, 4) is 0 Å². The van der Waals surface area contributed by atoms with E-state index in [4.69, 9.17) is 4.42 Å². The normalized spacial score (nSPS) is 10.6. The van der Waals surface area contributed by atoms with Gasteiger partial charge in [0, 0.05) is 0 Å². The molecule has 11 heavy (non-hydrogen) atoms. The van der Waals surface area contributed by atoms with Crippen molar-refractivity contribution in [1.29, 1.82) is 0 Å². The van der Waals surface area contributed by atoms with Crippen molar-refractivity contribution >= 4 is 34.0 Å². The number of rotatable bonds is 0. The molecule has 2 rings (SSSR count). The van der Waals surface area contributed by atoms with Gasteiger partial charge in [-0.2, -0.15) is 0 Å². The summed E-state index contributed by atoms with van der Waals surface area (Å²) in [7, 11) is 0. The zero-order valence-corrected chi connectivity index (χ0v) is 7.61. The molecule has 4 heteroatoms. The molecule has 1 aromatic heterocycles. The number of benzene rings is 1. The first-order valence-corrected chi connectivity index (χ1v) is 4.02. The number of oxazole rings is 1. The van der Waals surface area contributed by atoms with E-state index in [1.54, 1.807) is 6.07 Å². The summed E-state index contributed by atoms with van der Waals surface area (Å²) in [6.45, 7) is 0. The smallest absolute Gasteiger partial charge is 0.407 e. The second-order valence-electron chi connectivity index (χ2n) is 2.12. The third-order valence-electron chi connectivity index (χ3n) is 1.43. The highest BCUT2D eigenvalue weighted by molar-refractivity contribution is 14.1. The highest BCUT2D eigenvalue weighted by atomic mass is 127. The molecule has 0 bridgehead atoms. The third kappa shape index (κ3) is 0.973. The SMILES string of the molecule is O=c1oc2ccccc2n1I. The van der Waals surface area contributed by atoms with Crippen molar-refractivity contribution in [2.75, 3.05) is 0 Å². The quantitative estimate of drug-likeness (QED) is 0.677. The summed E-state index contributed by atoms with van der Waals surface area (Å²) in [6.07, 6.45) is 0. The third-order valence-corrected chi connectivity index (χ3v) is 2.35. The van der Waals surface area contributed by atoms with Crippen LogP contribution in [0, 0.1) is 0 Å². The maximum absolute atomic E-state index is 10.9. The van der Waals surface area contributed by atoms with Crippen LogP contribution in [0.15, 0.2) is 33.5 Å². The average Bonchev–Trinajstić information content (AvgIpc) is 2.30. The van der Waals surface area contributed by atoms with Crippen molar-refractivity contribution in [3.63, 3.8) is 0 Å². The lowest BCUT2D eigenvalue weighted by molar-refractivity contribution is 0.553. The monoisotopic (exact) mass is 261 g/mol. The molecule has 56 valence electrons. The summed E-state index contributed by atoms with van der Waals surface area (Å²) < 4.78 is 6.35. The Bertz CT molecular complexity index is 443. The van der Waals surface area contributed by atoms with Gasteiger partial charge in [-0.15, -0.1) is 0 Å². The maximum atomic E-state index is 10.9. The van der Waals surface area contributed by atoms with Gasteiger partial charge >= 0.3 is 5.76 Å². The molecule has 3 nitrogen and oxygen atoms in total. The van der Waals surface area contributed by atoms with E-state index in [2.05, 4.69) is 0 Å². The van der Waals surface area contributed by atoms with Crippen molar-refractivity contribution in [2.45, 2.75) is 0 Å². The molecule has 0 N–H and O–H groups in total. The Morgan fingerprint density at radius 1 is 1.36 bits per heavy atom. The molecule has 0 amide bonds. The van der Waals surface area contributed by atoms with E-state index in [9.17, 15) is 4.79 Å². The van der Waals surface area contributed by atoms with E-state index in [-0.39, 0.29) is 5.76 Å². The van der Waals surface area contributed by atoms with Crippen LogP contribution >= 0.6 is 22.9 Å². The molecule has 0 unspecified atom stereocenters. The summed E-state index contributed by atoms with van der Waals surface area (Å²) in [4.78, 5) is 10.9. The molecule has 0 radical (unpaired) electrons. The number of nitrogens with zero attached hydrogens (tertiary/aromatic N) is 1. The highest BCUT2D eigenvalue weighted by Gasteiger charge is 2.03. The fourth-order valence-electron chi connectivity index (χ4n) is 0.938. The molecule has 1 aromatic carbocycles. The van der Waals surface area contributed by atoms with Crippen molar-refractivity contribution in [3.05, 3.63) is 34.8 Å². The Balaban J connectivity index is 3.04. The topological polar surface area (TPSA) is 35.1 Å². The molecule has 0 saturated carbocycles. The van der Waals surface area contributed by atoms with Crippen LogP contribution in [0.4, 0.5) is 0 Å². The van der Waals surface area contributed by atoms with Crippen molar-refractivity contribution < 1.29 is 4.42 Å². The summed E-state index contributed by atoms with van der Waals surface area (Å²) in [6, 6.07) is 7.31. The van der Waals surface area contributed by atoms with Crippen LogP contribution in [0.2, 0.25) is 0 Å². The molecule has 0 aliphatic carbocycles. The van der Waals surface area contributed by atoms with Gasteiger partial charge in [0.1, 0.15) is 5.52 Å². The first kappa shape index (κ1) is 6.90. The van der Waals surface area contributed by atoms with Crippen LogP contribution in [0.25, 0.3) is 11.1 Å². The van der Waals surface area contributed by atoms with E-state index in [1.807, 2.05) is 41.1 Å². The minimum atomic E-state index is -0.327. The number of fused-ring (bicyclic) bond motifs is 1. The number of para-hydroxylation sites is 2. The highest BCUT2D eigenvalue weighted by Crippen LogP contribution is 2.12. The standard InChI is InChI=1S/C7H4INO2/c8-9-5-3-1-2-4-6(5)11-7(9)10/h1-4H. The van der Waals surface area contributed by atoms with Gasteiger partial charge in [0.25, 0.3) is 0 Å². The minimum Gasteiger partial charge on any atom is -0.407 e. The van der Waals surface area contributed by atoms with Crippen molar-refractivity contribution in [2.24, 2.45) is 0 Å². The number of aromatic nitrogens is 1. The molecule has 0 saturated heterocycles. The van der Waals surface area contributed by atoms with Gasteiger partial charge in [-0.05, 0) is 12.1 Å². The van der Waals surface area contributed by atoms with Gasteiger partial charge in [0.15, 0.2) is 5.58 Å². The summed E-state index contributed by atoms with van der Waals surface area (Å²) in [5.74, 6) is -0.327. The minimum absolute atomic E-state index is 0.327. The summed E-state index contributed by atoms with van der Waals surface area (Å²) in [5, 5.41) is 0. The maximum Gasteiger partial charge on any atom is 0.429 e. The van der Waals surface area contributed by atoms with Crippen LogP contribution < -0.4 is 5.76 Å². The van der Waals surface area contributed by atoms with Gasteiger partial charge in [0.05, 0.1) is 22.9 Å². The van der Waals surface area contributed by atoms with Crippen LogP contribution in [-0.2, 0) is 0 Å². The van der Waals surface area contributed by atoms with Gasteiger partial charge < -0.3 is 4.42 Å². The molecule has 0 aliphatic heterocycles. The Labute approximate surface area is 76.1 Å².